The largest absolute Gasteiger partial charge is 0.135 e. The highest BCUT2D eigenvalue weighted by Crippen LogP contribution is 2.46. The fourth-order valence-electron chi connectivity index (χ4n) is 7.91. The molecule has 0 spiro atoms. The Balaban J connectivity index is 1.41. The summed E-state index contributed by atoms with van der Waals surface area (Å²) >= 11 is 1.79. The van der Waals surface area contributed by atoms with Crippen molar-refractivity contribution in [1.82, 2.24) is 0 Å². The fraction of sp³-hybridized carbons (Fsp3) is 0. The van der Waals surface area contributed by atoms with Gasteiger partial charge in [-0.3, -0.25) is 0 Å². The van der Waals surface area contributed by atoms with Crippen molar-refractivity contribution in [3.8, 4) is 44.5 Å². The molecule has 226 valence electrons. The molecule has 0 fully saturated rings. The maximum atomic E-state index is 6.94. The van der Waals surface area contributed by atoms with Gasteiger partial charge in [-0.1, -0.05) is 131 Å². The molecule has 0 aliphatic heterocycles. The summed E-state index contributed by atoms with van der Waals surface area (Å²) in [7, 11) is 53.9. The molecule has 9 rings (SSSR count). The lowest BCUT2D eigenvalue weighted by atomic mass is 9.59. The Morgan fingerprint density at radius 3 is 1.17 bits per heavy atom. The third kappa shape index (κ3) is 5.08. The fourth-order valence-corrected chi connectivity index (χ4v) is 9.02. The normalized spacial score (nSPS) is 11.6. The molecule has 9 aromatic rings. The predicted octanol–water partition coefficient (Wildman–Crippen LogP) is 3.38. The van der Waals surface area contributed by atoms with Crippen LogP contribution in [-0.2, 0) is 0 Å². The van der Waals surface area contributed by atoms with Crippen LogP contribution in [0.2, 0.25) is 0 Å². The summed E-state index contributed by atoms with van der Waals surface area (Å²) in [4.78, 5) is 0. The molecule has 0 unspecified atom stereocenters. The summed E-state index contributed by atoms with van der Waals surface area (Å²) in [6.07, 6.45) is 0. The molecule has 0 bridgehead atoms. The van der Waals surface area contributed by atoms with E-state index in [9.17, 15) is 0 Å². The number of fused-ring (bicyclic) bond motifs is 5. The summed E-state index contributed by atoms with van der Waals surface area (Å²) in [5.41, 5.74) is 9.30. The lowest BCUT2D eigenvalue weighted by molar-refractivity contribution is 1.62. The van der Waals surface area contributed by atoms with E-state index in [4.69, 9.17) is 62.8 Å². The van der Waals surface area contributed by atoms with Gasteiger partial charge in [-0.15, -0.1) is 33.2 Å². The molecule has 1 heterocycles. The minimum atomic E-state index is 0.185. The van der Waals surface area contributed by atoms with Gasteiger partial charge in [-0.05, 0) is 78.2 Å². The Bertz CT molecular complexity index is 2870. The second kappa shape index (κ2) is 12.9. The third-order valence-corrected chi connectivity index (χ3v) is 11.6. The van der Waals surface area contributed by atoms with Gasteiger partial charge in [0.1, 0.15) is 62.8 Å². The summed E-state index contributed by atoms with van der Waals surface area (Å²) in [6, 6.07) is 41.6. The molecule has 0 N–H and O–H groups in total. The van der Waals surface area contributed by atoms with E-state index >= 15 is 0 Å². The summed E-state index contributed by atoms with van der Waals surface area (Å²) in [5, 5.41) is 4.82. The van der Waals surface area contributed by atoms with Gasteiger partial charge in [0.2, 0.25) is 0 Å². The molecule has 0 nitrogen and oxygen atoms in total. The maximum absolute atomic E-state index is 6.94. The molecular formula is C44H20B8S. The van der Waals surface area contributed by atoms with Crippen molar-refractivity contribution >= 4 is 160 Å². The SMILES string of the molecule is [B]c1c([B])c([B])c2c(-c3ccc(-c4c(-c5ccccc5)ccc5sc6ccccc6c45)cc3)c3c([B])c([B])c([B])c([B])c3c(-c3ccccc3)c2c1[B]. The molecule has 0 atom stereocenters. The van der Waals surface area contributed by atoms with E-state index in [2.05, 4.69) is 84.9 Å². The summed E-state index contributed by atoms with van der Waals surface area (Å²) in [5.74, 6) is 0. The van der Waals surface area contributed by atoms with Crippen molar-refractivity contribution in [1.29, 1.82) is 0 Å². The van der Waals surface area contributed by atoms with Crippen molar-refractivity contribution in [3.05, 3.63) is 121 Å². The Kier molecular flexibility index (Phi) is 8.20. The standard InChI is InChI=1S/C44H20B8S/c45-37-33-30(22-11-5-2-6-12-22)34-36(40(48)44(52)42(50)38(34)46)31(35(33)39(47)43(51)41(37)49)24-17-15-23(16-18-24)29-25(21-9-3-1-4-10-21)19-20-28-32(29)26-13-7-8-14-27(26)53-28/h1-20H. The van der Waals surface area contributed by atoms with E-state index in [0.29, 0.717) is 32.7 Å². The van der Waals surface area contributed by atoms with Crippen LogP contribution >= 0.6 is 11.3 Å². The molecule has 0 amide bonds. The van der Waals surface area contributed by atoms with Gasteiger partial charge in [0.05, 0.1) is 0 Å². The monoisotopic (exact) mass is 668 g/mol. The second-order valence-corrected chi connectivity index (χ2v) is 14.4. The van der Waals surface area contributed by atoms with E-state index in [1.807, 2.05) is 36.4 Å². The Morgan fingerprint density at radius 1 is 0.283 bits per heavy atom. The van der Waals surface area contributed by atoms with Gasteiger partial charge >= 0.3 is 0 Å². The number of benzene rings is 8. The third-order valence-electron chi connectivity index (χ3n) is 10.5. The highest BCUT2D eigenvalue weighted by molar-refractivity contribution is 7.26. The van der Waals surface area contributed by atoms with Gasteiger partial charge < -0.3 is 0 Å². The van der Waals surface area contributed by atoms with E-state index < -0.39 is 0 Å². The Hall–Kier alpha value is -4.98. The molecular weight excluding hydrogens is 647 g/mol. The first-order chi connectivity index (χ1) is 25.7. The van der Waals surface area contributed by atoms with Gasteiger partial charge in [0, 0.05) is 20.2 Å². The lowest BCUT2D eigenvalue weighted by Crippen LogP contribution is -2.50. The van der Waals surface area contributed by atoms with Crippen molar-refractivity contribution < 1.29 is 0 Å². The highest BCUT2D eigenvalue weighted by atomic mass is 32.1. The first-order valence-corrected chi connectivity index (χ1v) is 17.9. The molecule has 1 aromatic heterocycles. The minimum absolute atomic E-state index is 0.185. The molecule has 0 aliphatic rings. The van der Waals surface area contributed by atoms with Crippen LogP contribution in [0.15, 0.2) is 121 Å². The number of thiophene rings is 1. The second-order valence-electron chi connectivity index (χ2n) is 13.3. The van der Waals surface area contributed by atoms with Gasteiger partial charge in [0.15, 0.2) is 0 Å². The van der Waals surface area contributed by atoms with Gasteiger partial charge in [-0.25, -0.2) is 0 Å². The minimum Gasteiger partial charge on any atom is -0.135 e. The summed E-state index contributed by atoms with van der Waals surface area (Å²) in [6.45, 7) is 0. The molecule has 0 saturated carbocycles. The van der Waals surface area contributed by atoms with Crippen molar-refractivity contribution in [3.63, 3.8) is 0 Å². The van der Waals surface area contributed by atoms with Crippen LogP contribution in [0.4, 0.5) is 0 Å². The van der Waals surface area contributed by atoms with Crippen molar-refractivity contribution in [2.45, 2.75) is 0 Å². The van der Waals surface area contributed by atoms with E-state index in [1.54, 1.807) is 11.3 Å². The first-order valence-electron chi connectivity index (χ1n) is 17.1. The molecule has 53 heavy (non-hydrogen) atoms. The van der Waals surface area contributed by atoms with Crippen LogP contribution in [0.25, 0.3) is 86.2 Å². The zero-order chi connectivity index (χ0) is 36.7. The van der Waals surface area contributed by atoms with Gasteiger partial charge in [-0.2, -0.15) is 0 Å². The maximum Gasteiger partial charge on any atom is 0.113 e. The average Bonchev–Trinajstić information content (AvgIpc) is 3.58. The molecule has 16 radical (unpaired) electrons. The highest BCUT2D eigenvalue weighted by Gasteiger charge is 2.25. The number of hydrogen-bond donors (Lipinski definition) is 0. The molecule has 9 heteroatoms. The van der Waals surface area contributed by atoms with E-state index in [-0.39, 0.29) is 43.7 Å². The number of rotatable bonds is 4. The zero-order valence-electron chi connectivity index (χ0n) is 28.6. The topological polar surface area (TPSA) is 0 Å². The Morgan fingerprint density at radius 2 is 0.679 bits per heavy atom. The molecule has 8 aromatic carbocycles. The average molecular weight is 667 g/mol. The van der Waals surface area contributed by atoms with E-state index in [1.165, 1.54) is 20.2 Å². The van der Waals surface area contributed by atoms with Crippen LogP contribution < -0.4 is 43.7 Å². The zero-order valence-corrected chi connectivity index (χ0v) is 29.4. The van der Waals surface area contributed by atoms with Crippen molar-refractivity contribution in [2.75, 3.05) is 0 Å². The van der Waals surface area contributed by atoms with E-state index in [0.717, 1.165) is 33.4 Å². The van der Waals surface area contributed by atoms with Crippen LogP contribution in [-0.4, -0.2) is 62.8 Å². The van der Waals surface area contributed by atoms with Crippen LogP contribution in [0.5, 0.6) is 0 Å². The van der Waals surface area contributed by atoms with Crippen molar-refractivity contribution in [2.24, 2.45) is 0 Å². The predicted molar refractivity (Wildman–Crippen MR) is 239 cm³/mol. The number of hydrogen-bond acceptors (Lipinski definition) is 1. The van der Waals surface area contributed by atoms with Crippen LogP contribution in [0, 0.1) is 0 Å². The molecule has 0 aliphatic carbocycles. The molecule has 0 saturated heterocycles. The van der Waals surface area contributed by atoms with Crippen LogP contribution in [0.1, 0.15) is 0 Å². The smallest absolute Gasteiger partial charge is 0.113 e. The first kappa shape index (κ1) is 33.8. The van der Waals surface area contributed by atoms with Crippen LogP contribution in [0.3, 0.4) is 0 Å². The lowest BCUT2D eigenvalue weighted by Gasteiger charge is -2.28. The van der Waals surface area contributed by atoms with Gasteiger partial charge in [0.25, 0.3) is 0 Å². The summed E-state index contributed by atoms with van der Waals surface area (Å²) < 4.78 is 2.45. The Labute approximate surface area is 323 Å². The quantitative estimate of drug-likeness (QED) is 0.200.